The van der Waals surface area contributed by atoms with E-state index in [1.165, 1.54) is 11.6 Å². The van der Waals surface area contributed by atoms with Crippen LogP contribution in [0, 0.1) is 5.92 Å². The first-order valence-electron chi connectivity index (χ1n) is 12.8. The van der Waals surface area contributed by atoms with E-state index in [-0.39, 0.29) is 31.3 Å². The monoisotopic (exact) mass is 516 g/mol. The summed E-state index contributed by atoms with van der Waals surface area (Å²) in [7, 11) is 2.10. The summed E-state index contributed by atoms with van der Waals surface area (Å²) in [5.74, 6) is 0.0880. The Hall–Kier alpha value is -3.49. The highest BCUT2D eigenvalue weighted by atomic mass is 16.7. The van der Waals surface area contributed by atoms with E-state index in [1.807, 2.05) is 42.5 Å². The van der Waals surface area contributed by atoms with Crippen molar-refractivity contribution in [1.29, 1.82) is 0 Å². The number of hydrogen-bond acceptors (Lipinski definition) is 6. The number of aliphatic hydroxyl groups is 1. The van der Waals surface area contributed by atoms with Crippen LogP contribution < -0.4 is 5.32 Å². The van der Waals surface area contributed by atoms with Gasteiger partial charge in [-0.05, 0) is 35.9 Å². The third kappa shape index (κ3) is 7.30. The standard InChI is InChI=1S/C31H36N2O5/c1-4-18-36-31(35)32-27-16-14-26(15-17-27)30-37-28(20-33(3)19-23-8-6-5-7-9-23)22(2)29(38-30)25-12-10-24(21-34)11-13-25/h4-17,22,28-30,34H,1,18-21H2,2-3H3,(H,32,35). The van der Waals surface area contributed by atoms with Crippen LogP contribution in [0.2, 0.25) is 0 Å². The van der Waals surface area contributed by atoms with Crippen molar-refractivity contribution in [2.24, 2.45) is 5.92 Å². The van der Waals surface area contributed by atoms with E-state index in [1.54, 1.807) is 12.1 Å². The summed E-state index contributed by atoms with van der Waals surface area (Å²) in [5, 5.41) is 12.2. The minimum Gasteiger partial charge on any atom is -0.445 e. The van der Waals surface area contributed by atoms with Gasteiger partial charge in [0.15, 0.2) is 6.29 Å². The van der Waals surface area contributed by atoms with Crippen LogP contribution in [0.25, 0.3) is 0 Å². The Kier molecular flexibility index (Phi) is 9.67. The van der Waals surface area contributed by atoms with Crippen molar-refractivity contribution in [3.63, 3.8) is 0 Å². The number of carbonyl (C=O) groups is 1. The molecule has 7 heteroatoms. The number of hydrogen-bond donors (Lipinski definition) is 2. The maximum atomic E-state index is 11.9. The highest BCUT2D eigenvalue weighted by Gasteiger charge is 2.38. The smallest absolute Gasteiger partial charge is 0.411 e. The quantitative estimate of drug-likeness (QED) is 0.330. The lowest BCUT2D eigenvalue weighted by Gasteiger charge is -2.42. The van der Waals surface area contributed by atoms with Crippen LogP contribution in [0.3, 0.4) is 0 Å². The van der Waals surface area contributed by atoms with Crippen LogP contribution in [-0.2, 0) is 27.4 Å². The van der Waals surface area contributed by atoms with Gasteiger partial charge in [0, 0.05) is 30.3 Å². The molecule has 4 atom stereocenters. The number of aliphatic hydroxyl groups excluding tert-OH is 1. The van der Waals surface area contributed by atoms with Crippen molar-refractivity contribution in [2.45, 2.75) is 38.6 Å². The highest BCUT2D eigenvalue weighted by Crippen LogP contribution is 2.42. The van der Waals surface area contributed by atoms with E-state index < -0.39 is 12.4 Å². The zero-order valence-electron chi connectivity index (χ0n) is 22.0. The molecule has 0 bridgehead atoms. The van der Waals surface area contributed by atoms with E-state index in [4.69, 9.17) is 14.2 Å². The lowest BCUT2D eigenvalue weighted by atomic mass is 9.90. The number of nitrogens with zero attached hydrogens (tertiary/aromatic N) is 1. The Morgan fingerprint density at radius 3 is 2.34 bits per heavy atom. The van der Waals surface area contributed by atoms with Gasteiger partial charge in [-0.15, -0.1) is 0 Å². The predicted molar refractivity (Wildman–Crippen MR) is 147 cm³/mol. The molecule has 3 aromatic carbocycles. The number of amides is 1. The maximum absolute atomic E-state index is 11.9. The lowest BCUT2D eigenvalue weighted by Crippen LogP contribution is -2.43. The second-order valence-corrected chi connectivity index (χ2v) is 9.64. The first-order valence-corrected chi connectivity index (χ1v) is 12.8. The van der Waals surface area contributed by atoms with Crippen molar-refractivity contribution < 1.29 is 24.1 Å². The molecular weight excluding hydrogens is 480 g/mol. The summed E-state index contributed by atoms with van der Waals surface area (Å²) in [4.78, 5) is 14.1. The molecule has 1 fully saturated rings. The molecule has 1 aliphatic heterocycles. The number of ether oxygens (including phenoxy) is 3. The summed E-state index contributed by atoms with van der Waals surface area (Å²) in [5.41, 5.74) is 4.62. The molecule has 1 heterocycles. The molecule has 0 aromatic heterocycles. The predicted octanol–water partition coefficient (Wildman–Crippen LogP) is 5.84. The number of anilines is 1. The molecule has 1 aliphatic rings. The van der Waals surface area contributed by atoms with Crippen LogP contribution in [0.5, 0.6) is 0 Å². The molecule has 0 radical (unpaired) electrons. The van der Waals surface area contributed by atoms with E-state index in [0.29, 0.717) is 5.69 Å². The number of rotatable bonds is 10. The fourth-order valence-electron chi connectivity index (χ4n) is 4.61. The normalized spacial score (nSPS) is 21.2. The van der Waals surface area contributed by atoms with E-state index >= 15 is 0 Å². The van der Waals surface area contributed by atoms with Gasteiger partial charge >= 0.3 is 6.09 Å². The number of benzene rings is 3. The fraction of sp³-hybridized carbons (Fsp3) is 0.323. The summed E-state index contributed by atoms with van der Waals surface area (Å²) in [6.07, 6.45) is 0.123. The average molecular weight is 517 g/mol. The van der Waals surface area contributed by atoms with Crippen molar-refractivity contribution in [2.75, 3.05) is 25.5 Å². The molecule has 200 valence electrons. The van der Waals surface area contributed by atoms with Gasteiger partial charge in [-0.1, -0.05) is 86.3 Å². The zero-order chi connectivity index (χ0) is 26.9. The van der Waals surface area contributed by atoms with Crippen molar-refractivity contribution in [3.8, 4) is 0 Å². The summed E-state index contributed by atoms with van der Waals surface area (Å²) < 4.78 is 18.0. The molecule has 1 saturated heterocycles. The van der Waals surface area contributed by atoms with Crippen LogP contribution >= 0.6 is 0 Å². The zero-order valence-corrected chi connectivity index (χ0v) is 22.0. The number of carbonyl (C=O) groups excluding carboxylic acids is 1. The second-order valence-electron chi connectivity index (χ2n) is 9.64. The van der Waals surface area contributed by atoms with Gasteiger partial charge in [0.05, 0.1) is 18.8 Å². The van der Waals surface area contributed by atoms with E-state index in [9.17, 15) is 9.90 Å². The molecule has 0 saturated carbocycles. The molecule has 7 nitrogen and oxygen atoms in total. The molecule has 2 N–H and O–H groups in total. The first-order chi connectivity index (χ1) is 18.5. The molecule has 0 spiro atoms. The van der Waals surface area contributed by atoms with Gasteiger partial charge in [-0.2, -0.15) is 0 Å². The Morgan fingerprint density at radius 1 is 1.00 bits per heavy atom. The van der Waals surface area contributed by atoms with Crippen molar-refractivity contribution in [3.05, 3.63) is 114 Å². The summed E-state index contributed by atoms with van der Waals surface area (Å²) in [6, 6.07) is 25.7. The molecule has 38 heavy (non-hydrogen) atoms. The molecule has 4 unspecified atom stereocenters. The van der Waals surface area contributed by atoms with Gasteiger partial charge in [0.25, 0.3) is 0 Å². The van der Waals surface area contributed by atoms with Crippen LogP contribution in [0.4, 0.5) is 10.5 Å². The average Bonchev–Trinajstić information content (AvgIpc) is 2.94. The van der Waals surface area contributed by atoms with Crippen molar-refractivity contribution in [1.82, 2.24) is 4.90 Å². The van der Waals surface area contributed by atoms with Crippen LogP contribution in [0.1, 0.15) is 41.6 Å². The molecule has 0 aliphatic carbocycles. The third-order valence-corrected chi connectivity index (χ3v) is 6.67. The molecule has 1 amide bonds. The number of likely N-dealkylation sites (N-methyl/N-ethyl adjacent to an activating group) is 1. The number of nitrogens with one attached hydrogen (secondary N) is 1. The fourth-order valence-corrected chi connectivity index (χ4v) is 4.61. The lowest BCUT2D eigenvalue weighted by molar-refractivity contribution is -0.276. The van der Waals surface area contributed by atoms with Crippen LogP contribution in [0.15, 0.2) is 91.5 Å². The van der Waals surface area contributed by atoms with E-state index in [0.717, 1.165) is 29.8 Å². The minimum atomic E-state index is -0.578. The second kappa shape index (κ2) is 13.3. The van der Waals surface area contributed by atoms with Gasteiger partial charge in [0.2, 0.25) is 0 Å². The highest BCUT2D eigenvalue weighted by molar-refractivity contribution is 5.84. The minimum absolute atomic E-state index is 0.00150. The summed E-state index contributed by atoms with van der Waals surface area (Å²) in [6.45, 7) is 7.39. The van der Waals surface area contributed by atoms with E-state index in [2.05, 4.69) is 55.0 Å². The Balaban J connectivity index is 1.52. The summed E-state index contributed by atoms with van der Waals surface area (Å²) >= 11 is 0. The van der Waals surface area contributed by atoms with Gasteiger partial charge in [0.1, 0.15) is 6.61 Å². The molecular formula is C31H36N2O5. The SMILES string of the molecule is C=CCOC(=O)Nc1ccc(C2OC(CN(C)Cc3ccccc3)C(C)C(c3ccc(CO)cc3)O2)cc1. The molecule has 4 rings (SSSR count). The maximum Gasteiger partial charge on any atom is 0.411 e. The largest absolute Gasteiger partial charge is 0.445 e. The van der Waals surface area contributed by atoms with Crippen molar-refractivity contribution >= 4 is 11.8 Å². The van der Waals surface area contributed by atoms with Crippen LogP contribution in [-0.4, -0.2) is 42.4 Å². The van der Waals surface area contributed by atoms with Gasteiger partial charge in [-0.3, -0.25) is 10.2 Å². The Bertz CT molecular complexity index is 1170. The Morgan fingerprint density at radius 2 is 1.68 bits per heavy atom. The van der Waals surface area contributed by atoms with Gasteiger partial charge in [-0.25, -0.2) is 4.79 Å². The first kappa shape index (κ1) is 27.5. The molecule has 3 aromatic rings. The van der Waals surface area contributed by atoms with Gasteiger partial charge < -0.3 is 19.3 Å². The Labute approximate surface area is 224 Å². The topological polar surface area (TPSA) is 80.3 Å². The third-order valence-electron chi connectivity index (χ3n) is 6.67.